The van der Waals surface area contributed by atoms with Crippen molar-refractivity contribution in [1.82, 2.24) is 15.1 Å². The van der Waals surface area contributed by atoms with E-state index in [-0.39, 0.29) is 0 Å². The van der Waals surface area contributed by atoms with Crippen LogP contribution in [0.5, 0.6) is 0 Å². The Morgan fingerprint density at radius 3 is 2.45 bits per heavy atom. The van der Waals surface area contributed by atoms with E-state index in [0.717, 1.165) is 25.7 Å². The first-order chi connectivity index (χ1) is 9.72. The van der Waals surface area contributed by atoms with Crippen LogP contribution in [0, 0.1) is 0 Å². The molecule has 0 bridgehead atoms. The monoisotopic (exact) mass is 275 g/mol. The molecule has 1 heterocycles. The highest BCUT2D eigenvalue weighted by molar-refractivity contribution is 5.22. The summed E-state index contributed by atoms with van der Waals surface area (Å²) >= 11 is 0. The molecule has 0 spiro atoms. The quantitative estimate of drug-likeness (QED) is 0.859. The number of likely N-dealkylation sites (N-methyl/N-ethyl adjacent to an activating group) is 1. The van der Waals surface area contributed by atoms with Crippen molar-refractivity contribution in [1.29, 1.82) is 0 Å². The number of hydrogen-bond donors (Lipinski definition) is 1. The van der Waals surface area contributed by atoms with Crippen LogP contribution in [0.25, 0.3) is 0 Å². The molecule has 0 aliphatic carbocycles. The Morgan fingerprint density at radius 1 is 1.10 bits per heavy atom. The van der Waals surface area contributed by atoms with Gasteiger partial charge in [0, 0.05) is 38.8 Å². The van der Waals surface area contributed by atoms with Crippen LogP contribution in [0.15, 0.2) is 24.3 Å². The Bertz CT molecular complexity index is 388. The maximum absolute atomic E-state index is 3.37. The molecule has 0 radical (unpaired) electrons. The van der Waals surface area contributed by atoms with Crippen molar-refractivity contribution in [2.45, 2.75) is 39.4 Å². The van der Waals surface area contributed by atoms with Gasteiger partial charge in [-0.1, -0.05) is 38.1 Å². The fraction of sp³-hybridized carbons (Fsp3) is 0.647. The van der Waals surface area contributed by atoms with Gasteiger partial charge in [-0.2, -0.15) is 0 Å². The van der Waals surface area contributed by atoms with Gasteiger partial charge in [0.05, 0.1) is 0 Å². The molecule has 1 aromatic rings. The van der Waals surface area contributed by atoms with Crippen LogP contribution in [0.4, 0.5) is 0 Å². The standard InChI is InChI=1S/C17H29N3/c1-4-17-14-20(11-10-19(17)3)13-16-8-6-15(7-9-16)12-18-5-2/h6-9,17-18H,4-5,10-14H2,1-3H3. The van der Waals surface area contributed by atoms with E-state index < -0.39 is 0 Å². The summed E-state index contributed by atoms with van der Waals surface area (Å²) in [5.74, 6) is 0. The molecule has 0 saturated carbocycles. The third-order valence-electron chi connectivity index (χ3n) is 4.34. The second-order valence-corrected chi connectivity index (χ2v) is 5.87. The molecule has 0 amide bonds. The summed E-state index contributed by atoms with van der Waals surface area (Å²) in [5.41, 5.74) is 2.81. The Balaban J connectivity index is 1.86. The highest BCUT2D eigenvalue weighted by atomic mass is 15.3. The highest BCUT2D eigenvalue weighted by Crippen LogP contribution is 2.14. The molecule has 20 heavy (non-hydrogen) atoms. The molecule has 1 aliphatic heterocycles. The van der Waals surface area contributed by atoms with E-state index in [4.69, 9.17) is 0 Å². The van der Waals surface area contributed by atoms with Crippen molar-refractivity contribution in [3.05, 3.63) is 35.4 Å². The van der Waals surface area contributed by atoms with E-state index >= 15 is 0 Å². The molecule has 1 saturated heterocycles. The van der Waals surface area contributed by atoms with Gasteiger partial charge in [-0.25, -0.2) is 0 Å². The molecule has 2 rings (SSSR count). The Hall–Kier alpha value is -0.900. The first-order valence-electron chi connectivity index (χ1n) is 7.94. The molecule has 1 fully saturated rings. The summed E-state index contributed by atoms with van der Waals surface area (Å²) in [7, 11) is 2.25. The van der Waals surface area contributed by atoms with E-state index in [1.807, 2.05) is 0 Å². The van der Waals surface area contributed by atoms with Gasteiger partial charge >= 0.3 is 0 Å². The third kappa shape index (κ3) is 4.30. The van der Waals surface area contributed by atoms with Gasteiger partial charge in [0.25, 0.3) is 0 Å². The number of benzene rings is 1. The zero-order valence-corrected chi connectivity index (χ0v) is 13.2. The second kappa shape index (κ2) is 7.77. The lowest BCUT2D eigenvalue weighted by molar-refractivity contribution is 0.0884. The van der Waals surface area contributed by atoms with Gasteiger partial charge in [0.2, 0.25) is 0 Å². The number of nitrogens with zero attached hydrogens (tertiary/aromatic N) is 2. The van der Waals surface area contributed by atoms with Gasteiger partial charge in [-0.3, -0.25) is 4.90 Å². The predicted octanol–water partition coefficient (Wildman–Crippen LogP) is 2.32. The fourth-order valence-electron chi connectivity index (χ4n) is 2.88. The van der Waals surface area contributed by atoms with Crippen LogP contribution in [0.1, 0.15) is 31.4 Å². The third-order valence-corrected chi connectivity index (χ3v) is 4.34. The summed E-state index contributed by atoms with van der Waals surface area (Å²) in [6.07, 6.45) is 1.24. The molecule has 112 valence electrons. The molecular formula is C17H29N3. The fourth-order valence-corrected chi connectivity index (χ4v) is 2.88. The Labute approximate surface area is 124 Å². The van der Waals surface area contributed by atoms with Gasteiger partial charge in [-0.15, -0.1) is 0 Å². The van der Waals surface area contributed by atoms with Crippen LogP contribution < -0.4 is 5.32 Å². The van der Waals surface area contributed by atoms with E-state index in [2.05, 4.69) is 60.3 Å². The smallest absolute Gasteiger partial charge is 0.0234 e. The van der Waals surface area contributed by atoms with Crippen molar-refractivity contribution in [3.63, 3.8) is 0 Å². The van der Waals surface area contributed by atoms with Gasteiger partial charge < -0.3 is 10.2 Å². The minimum Gasteiger partial charge on any atom is -0.313 e. The maximum Gasteiger partial charge on any atom is 0.0234 e. The Kier molecular flexibility index (Phi) is 6.02. The van der Waals surface area contributed by atoms with E-state index in [9.17, 15) is 0 Å². The highest BCUT2D eigenvalue weighted by Gasteiger charge is 2.22. The average molecular weight is 275 g/mol. The Morgan fingerprint density at radius 2 is 1.80 bits per heavy atom. The van der Waals surface area contributed by atoms with E-state index in [0.29, 0.717) is 0 Å². The summed E-state index contributed by atoms with van der Waals surface area (Å²) in [6.45, 7) is 11.1. The van der Waals surface area contributed by atoms with Crippen LogP contribution in [-0.4, -0.2) is 49.1 Å². The second-order valence-electron chi connectivity index (χ2n) is 5.87. The topological polar surface area (TPSA) is 18.5 Å². The first-order valence-corrected chi connectivity index (χ1v) is 7.94. The SMILES string of the molecule is CCNCc1ccc(CN2CCN(C)C(CC)C2)cc1. The van der Waals surface area contributed by atoms with Crippen molar-refractivity contribution < 1.29 is 0 Å². The molecule has 1 unspecified atom stereocenters. The van der Waals surface area contributed by atoms with Gasteiger partial charge in [0.1, 0.15) is 0 Å². The zero-order valence-electron chi connectivity index (χ0n) is 13.2. The number of piperazine rings is 1. The number of rotatable bonds is 6. The minimum absolute atomic E-state index is 0.719. The lowest BCUT2D eigenvalue weighted by Gasteiger charge is -2.39. The van der Waals surface area contributed by atoms with Crippen molar-refractivity contribution in [2.75, 3.05) is 33.2 Å². The lowest BCUT2D eigenvalue weighted by atomic mass is 10.1. The predicted molar refractivity (Wildman–Crippen MR) is 85.8 cm³/mol. The number of hydrogen-bond acceptors (Lipinski definition) is 3. The van der Waals surface area contributed by atoms with Crippen LogP contribution in [0.3, 0.4) is 0 Å². The summed E-state index contributed by atoms with van der Waals surface area (Å²) in [4.78, 5) is 5.09. The molecule has 0 aromatic heterocycles. The van der Waals surface area contributed by atoms with Crippen molar-refractivity contribution in [3.8, 4) is 0 Å². The van der Waals surface area contributed by atoms with Crippen molar-refractivity contribution in [2.24, 2.45) is 0 Å². The molecule has 1 N–H and O–H groups in total. The molecule has 1 aliphatic rings. The zero-order chi connectivity index (χ0) is 14.4. The summed E-state index contributed by atoms with van der Waals surface area (Å²) < 4.78 is 0. The minimum atomic E-state index is 0.719. The summed E-state index contributed by atoms with van der Waals surface area (Å²) in [5, 5.41) is 3.37. The van der Waals surface area contributed by atoms with Gasteiger partial charge in [-0.05, 0) is 31.1 Å². The molecule has 1 aromatic carbocycles. The molecular weight excluding hydrogens is 246 g/mol. The van der Waals surface area contributed by atoms with Crippen LogP contribution in [0.2, 0.25) is 0 Å². The molecule has 3 heteroatoms. The van der Waals surface area contributed by atoms with Crippen LogP contribution >= 0.6 is 0 Å². The number of nitrogens with one attached hydrogen (secondary N) is 1. The van der Waals surface area contributed by atoms with E-state index in [1.54, 1.807) is 0 Å². The van der Waals surface area contributed by atoms with Crippen molar-refractivity contribution >= 4 is 0 Å². The summed E-state index contributed by atoms with van der Waals surface area (Å²) in [6, 6.07) is 9.80. The van der Waals surface area contributed by atoms with Gasteiger partial charge in [0.15, 0.2) is 0 Å². The largest absolute Gasteiger partial charge is 0.313 e. The maximum atomic E-state index is 3.37. The lowest BCUT2D eigenvalue weighted by Crippen LogP contribution is -2.50. The van der Waals surface area contributed by atoms with E-state index in [1.165, 1.54) is 37.2 Å². The average Bonchev–Trinajstić information content (AvgIpc) is 2.48. The first kappa shape index (κ1) is 15.5. The van der Waals surface area contributed by atoms with Crippen LogP contribution in [-0.2, 0) is 13.1 Å². The molecule has 3 nitrogen and oxygen atoms in total. The normalized spacial score (nSPS) is 21.2. The molecule has 1 atom stereocenters.